The molecule has 2 fully saturated rings. The van der Waals surface area contributed by atoms with Crippen LogP contribution in [0, 0.1) is 11.8 Å². The maximum Gasteiger partial charge on any atom is 2.00 e. The summed E-state index contributed by atoms with van der Waals surface area (Å²) in [7, 11) is 0. The smallest absolute Gasteiger partial charge is 1.00 e. The maximum atomic E-state index is 4.36. The number of piperidine rings is 2. The molecule has 25 heavy (non-hydrogen) atoms. The third-order valence-electron chi connectivity index (χ3n) is 5.21. The molecule has 5 heteroatoms. The van der Waals surface area contributed by atoms with Gasteiger partial charge in [-0.05, 0) is 11.8 Å². The molecule has 0 aromatic carbocycles. The zero-order valence-corrected chi connectivity index (χ0v) is 18.9. The van der Waals surface area contributed by atoms with E-state index in [4.69, 9.17) is 0 Å². The molecule has 2 saturated heterocycles. The number of unbranched alkanes of at least 4 members (excludes halogenated alkanes) is 4. The van der Waals surface area contributed by atoms with E-state index in [0.717, 1.165) is 38.0 Å². The number of rotatable bonds is 8. The van der Waals surface area contributed by atoms with E-state index in [9.17, 15) is 0 Å². The van der Waals surface area contributed by atoms with E-state index in [2.05, 4.69) is 24.5 Å². The van der Waals surface area contributed by atoms with E-state index in [1.165, 1.54) is 77.0 Å². The Kier molecular flexibility index (Phi) is 28.4. The van der Waals surface area contributed by atoms with Crippen LogP contribution in [0.25, 0.3) is 10.6 Å². The van der Waals surface area contributed by atoms with E-state index in [-0.39, 0.29) is 41.9 Å². The van der Waals surface area contributed by atoms with Crippen LogP contribution in [0.4, 0.5) is 0 Å². The summed E-state index contributed by atoms with van der Waals surface area (Å²) in [6.45, 7) is 9.09. The van der Waals surface area contributed by atoms with Gasteiger partial charge in [0.05, 0.1) is 0 Å². The molecule has 0 aromatic heterocycles. The molecule has 2 rings (SSSR count). The van der Waals surface area contributed by atoms with Crippen molar-refractivity contribution in [3.05, 3.63) is 10.6 Å². The van der Waals surface area contributed by atoms with Gasteiger partial charge in [-0.3, -0.25) is 0 Å². The number of hydrogen-bond donors (Lipinski definition) is 0. The molecule has 0 saturated carbocycles. The molecule has 0 unspecified atom stereocenters. The van der Waals surface area contributed by atoms with Crippen LogP contribution in [-0.4, -0.2) is 26.2 Å². The fourth-order valence-corrected chi connectivity index (χ4v) is 3.55. The zero-order valence-electron chi connectivity index (χ0n) is 16.4. The average Bonchev–Trinajstić information content (AvgIpc) is 2.58. The molecular weight excluding hydrogens is 403 g/mol. The number of hydrogen-bond acceptors (Lipinski definition) is 0. The van der Waals surface area contributed by atoms with Gasteiger partial charge in [-0.1, -0.05) is 90.9 Å². The monoisotopic (exact) mass is 441 g/mol. The summed E-state index contributed by atoms with van der Waals surface area (Å²) in [6.07, 6.45) is 16.8. The Balaban J connectivity index is -0.000000346. The first-order valence-electron chi connectivity index (χ1n) is 10.1. The summed E-state index contributed by atoms with van der Waals surface area (Å²) in [6, 6.07) is 0. The molecule has 0 amide bonds. The molecule has 2 aliphatic rings. The molecule has 2 aliphatic heterocycles. The third-order valence-corrected chi connectivity index (χ3v) is 5.21. The normalized spacial score (nSPS) is 18.0. The van der Waals surface area contributed by atoms with Gasteiger partial charge in [0.2, 0.25) is 0 Å². The SMILES string of the molecule is CCCCCC1CC[N-]CC1.CCCCCC1CC[N-]CC1.[Cl-].[Cl-].[Cu+2]. The molecular formula is C20H40Cl2CuN2-2. The van der Waals surface area contributed by atoms with Crippen molar-refractivity contribution in [2.45, 2.75) is 90.9 Å². The molecule has 0 N–H and O–H groups in total. The molecule has 0 atom stereocenters. The van der Waals surface area contributed by atoms with Crippen LogP contribution in [-0.2, 0) is 17.1 Å². The molecule has 0 aromatic rings. The number of nitrogens with zero attached hydrogens (tertiary/aromatic N) is 2. The van der Waals surface area contributed by atoms with Gasteiger partial charge in [-0.2, -0.15) is 0 Å². The Morgan fingerprint density at radius 1 is 0.600 bits per heavy atom. The van der Waals surface area contributed by atoms with Gasteiger partial charge in [0.15, 0.2) is 0 Å². The van der Waals surface area contributed by atoms with Crippen LogP contribution in [0.2, 0.25) is 0 Å². The minimum absolute atomic E-state index is 0. The molecule has 0 aliphatic carbocycles. The van der Waals surface area contributed by atoms with Gasteiger partial charge in [-0.15, -0.1) is 26.2 Å². The first kappa shape index (κ1) is 30.7. The van der Waals surface area contributed by atoms with Gasteiger partial charge in [0.25, 0.3) is 0 Å². The van der Waals surface area contributed by atoms with Crippen LogP contribution >= 0.6 is 0 Å². The van der Waals surface area contributed by atoms with E-state index in [1.54, 1.807) is 0 Å². The van der Waals surface area contributed by atoms with Gasteiger partial charge < -0.3 is 35.4 Å². The van der Waals surface area contributed by atoms with Crippen LogP contribution < -0.4 is 24.8 Å². The predicted octanol–water partition coefficient (Wildman–Crippen LogP) is 0.706. The first-order valence-corrected chi connectivity index (χ1v) is 10.1. The Bertz CT molecular complexity index is 210. The molecule has 2 heterocycles. The second-order valence-electron chi connectivity index (χ2n) is 7.22. The largest absolute Gasteiger partial charge is 2.00 e. The van der Waals surface area contributed by atoms with Gasteiger partial charge in [0.1, 0.15) is 0 Å². The Hall–Kier alpha value is 1.02. The number of halogens is 2. The van der Waals surface area contributed by atoms with E-state index in [1.807, 2.05) is 0 Å². The predicted molar refractivity (Wildman–Crippen MR) is 99.9 cm³/mol. The summed E-state index contributed by atoms with van der Waals surface area (Å²) in [5, 5.41) is 8.71. The molecule has 2 nitrogen and oxygen atoms in total. The summed E-state index contributed by atoms with van der Waals surface area (Å²) in [5.74, 6) is 2.03. The van der Waals surface area contributed by atoms with E-state index < -0.39 is 0 Å². The van der Waals surface area contributed by atoms with Crippen LogP contribution in [0.5, 0.6) is 0 Å². The van der Waals surface area contributed by atoms with Gasteiger partial charge >= 0.3 is 17.1 Å². The van der Waals surface area contributed by atoms with Crippen molar-refractivity contribution < 1.29 is 41.9 Å². The van der Waals surface area contributed by atoms with Crippen molar-refractivity contribution >= 4 is 0 Å². The van der Waals surface area contributed by atoms with Crippen molar-refractivity contribution in [1.29, 1.82) is 0 Å². The standard InChI is InChI=1S/2C10H20N.2ClH.Cu/c2*1-2-3-4-5-10-6-8-11-9-7-10;;;/h2*10H,2-9H2,1H3;2*1H;/q2*-1;;;+2/p-2. The van der Waals surface area contributed by atoms with Gasteiger partial charge in [0, 0.05) is 0 Å². The van der Waals surface area contributed by atoms with E-state index in [0.29, 0.717) is 0 Å². The molecule has 157 valence electrons. The second kappa shape index (κ2) is 23.1. The van der Waals surface area contributed by atoms with E-state index >= 15 is 0 Å². The summed E-state index contributed by atoms with van der Waals surface area (Å²) >= 11 is 0. The van der Waals surface area contributed by atoms with Crippen molar-refractivity contribution in [2.75, 3.05) is 26.2 Å². The zero-order chi connectivity index (χ0) is 15.9. The van der Waals surface area contributed by atoms with Crippen LogP contribution in [0.3, 0.4) is 0 Å². The molecule has 0 bridgehead atoms. The summed E-state index contributed by atoms with van der Waals surface area (Å²) in [4.78, 5) is 0. The summed E-state index contributed by atoms with van der Waals surface area (Å²) < 4.78 is 0. The fourth-order valence-electron chi connectivity index (χ4n) is 3.55. The minimum Gasteiger partial charge on any atom is -1.00 e. The fraction of sp³-hybridized carbons (Fsp3) is 1.00. The van der Waals surface area contributed by atoms with Crippen molar-refractivity contribution in [3.8, 4) is 0 Å². The Morgan fingerprint density at radius 3 is 1.20 bits per heavy atom. The first-order chi connectivity index (χ1) is 10.9. The average molecular weight is 443 g/mol. The quantitative estimate of drug-likeness (QED) is 0.391. The third kappa shape index (κ3) is 18.2. The second-order valence-corrected chi connectivity index (χ2v) is 7.22. The van der Waals surface area contributed by atoms with Crippen molar-refractivity contribution in [3.63, 3.8) is 0 Å². The topological polar surface area (TPSA) is 28.2 Å². The molecule has 0 spiro atoms. The van der Waals surface area contributed by atoms with Crippen molar-refractivity contribution in [2.24, 2.45) is 11.8 Å². The van der Waals surface area contributed by atoms with Gasteiger partial charge in [-0.25, -0.2) is 0 Å². The minimum atomic E-state index is 0. The Morgan fingerprint density at radius 2 is 0.920 bits per heavy atom. The Labute approximate surface area is 181 Å². The van der Waals surface area contributed by atoms with Crippen molar-refractivity contribution in [1.82, 2.24) is 0 Å². The molecule has 1 radical (unpaired) electrons. The maximum absolute atomic E-state index is 4.36. The summed E-state index contributed by atoms with van der Waals surface area (Å²) in [5.41, 5.74) is 0. The van der Waals surface area contributed by atoms with Crippen LogP contribution in [0.15, 0.2) is 0 Å². The van der Waals surface area contributed by atoms with Crippen LogP contribution in [0.1, 0.15) is 90.9 Å².